The van der Waals surface area contributed by atoms with Crippen LogP contribution in [0.15, 0.2) is 4.99 Å². The summed E-state index contributed by atoms with van der Waals surface area (Å²) < 4.78 is 0. The lowest BCUT2D eigenvalue weighted by atomic mass is 9.74. The average Bonchev–Trinajstić information content (AvgIpc) is 3.02. The van der Waals surface area contributed by atoms with Gasteiger partial charge in [-0.2, -0.15) is 0 Å². The Labute approximate surface area is 190 Å². The number of rotatable bonds is 4. The van der Waals surface area contributed by atoms with Gasteiger partial charge in [-0.15, -0.1) is 24.0 Å². The lowest BCUT2D eigenvalue weighted by Crippen LogP contribution is -2.50. The molecule has 0 unspecified atom stereocenters. The van der Waals surface area contributed by atoms with Gasteiger partial charge in [-0.05, 0) is 70.6 Å². The molecule has 3 rings (SSSR count). The number of aliphatic imine (C=N–C) groups is 1. The molecule has 0 aromatic heterocycles. The third-order valence-electron chi connectivity index (χ3n) is 7.08. The van der Waals surface area contributed by atoms with Gasteiger partial charge in [-0.25, -0.2) is 0 Å². The Bertz CT molecular complexity index is 462. The summed E-state index contributed by atoms with van der Waals surface area (Å²) in [6.07, 6.45) is 13.9. The van der Waals surface area contributed by atoms with Crippen molar-refractivity contribution in [2.75, 3.05) is 66.5 Å². The molecule has 0 aromatic carbocycles. The van der Waals surface area contributed by atoms with Gasteiger partial charge in [0.15, 0.2) is 5.96 Å². The highest BCUT2D eigenvalue weighted by Gasteiger charge is 2.36. The molecule has 0 amide bonds. The first kappa shape index (κ1) is 24.2. The fourth-order valence-corrected chi connectivity index (χ4v) is 5.43. The van der Waals surface area contributed by atoms with E-state index in [1.165, 1.54) is 110 Å². The van der Waals surface area contributed by atoms with Gasteiger partial charge in [0.2, 0.25) is 0 Å². The van der Waals surface area contributed by atoms with Crippen LogP contribution in [0.25, 0.3) is 0 Å². The van der Waals surface area contributed by atoms with E-state index in [1.54, 1.807) is 0 Å². The molecule has 5 nitrogen and oxygen atoms in total. The van der Waals surface area contributed by atoms with Crippen LogP contribution in [0, 0.1) is 5.41 Å². The van der Waals surface area contributed by atoms with Crippen LogP contribution < -0.4 is 5.32 Å². The van der Waals surface area contributed by atoms with Gasteiger partial charge in [0.05, 0.1) is 0 Å². The summed E-state index contributed by atoms with van der Waals surface area (Å²) in [6.45, 7) is 9.60. The van der Waals surface area contributed by atoms with Crippen molar-refractivity contribution in [3.8, 4) is 0 Å². The van der Waals surface area contributed by atoms with Gasteiger partial charge in [0.25, 0.3) is 0 Å². The maximum atomic E-state index is 4.63. The van der Waals surface area contributed by atoms with E-state index in [9.17, 15) is 0 Å². The molecule has 0 radical (unpaired) electrons. The molecule has 3 fully saturated rings. The predicted octanol–water partition coefficient (Wildman–Crippen LogP) is 3.64. The predicted molar refractivity (Wildman–Crippen MR) is 131 cm³/mol. The van der Waals surface area contributed by atoms with Crippen LogP contribution in [0.1, 0.15) is 64.2 Å². The van der Waals surface area contributed by atoms with E-state index in [0.29, 0.717) is 5.41 Å². The first-order valence-corrected chi connectivity index (χ1v) is 11.6. The summed E-state index contributed by atoms with van der Waals surface area (Å²) >= 11 is 0. The third-order valence-corrected chi connectivity index (χ3v) is 7.08. The maximum absolute atomic E-state index is 4.63. The highest BCUT2D eigenvalue weighted by atomic mass is 127. The van der Waals surface area contributed by atoms with E-state index in [-0.39, 0.29) is 24.0 Å². The van der Waals surface area contributed by atoms with Crippen LogP contribution in [0.4, 0.5) is 0 Å². The summed E-state index contributed by atoms with van der Waals surface area (Å²) in [7, 11) is 4.20. The molecule has 0 aromatic rings. The Morgan fingerprint density at radius 1 is 0.893 bits per heavy atom. The minimum atomic E-state index is 0. The van der Waals surface area contributed by atoms with Crippen LogP contribution in [-0.4, -0.2) is 87.1 Å². The normalized spacial score (nSPS) is 25.1. The summed E-state index contributed by atoms with van der Waals surface area (Å²) in [6, 6.07) is 0. The number of piperidine rings is 1. The zero-order valence-electron chi connectivity index (χ0n) is 18.4. The van der Waals surface area contributed by atoms with Crippen molar-refractivity contribution < 1.29 is 0 Å². The van der Waals surface area contributed by atoms with Crippen LogP contribution in [-0.2, 0) is 0 Å². The largest absolute Gasteiger partial charge is 0.356 e. The van der Waals surface area contributed by atoms with Crippen molar-refractivity contribution in [2.45, 2.75) is 64.2 Å². The number of hydrogen-bond acceptors (Lipinski definition) is 3. The maximum Gasteiger partial charge on any atom is 0.193 e. The summed E-state index contributed by atoms with van der Waals surface area (Å²) in [5.41, 5.74) is 0.574. The molecular weight excluding hydrogens is 461 g/mol. The molecule has 3 aliphatic rings. The van der Waals surface area contributed by atoms with E-state index in [1.807, 2.05) is 7.05 Å². The Morgan fingerprint density at radius 3 is 2.39 bits per heavy atom. The Hall–Kier alpha value is -0.0800. The van der Waals surface area contributed by atoms with Gasteiger partial charge in [-0.1, -0.05) is 25.7 Å². The molecule has 1 saturated carbocycles. The SMILES string of the molecule is CN=C(NCCCN1CCCN(C)CC1)N1CCCC2(CCCCCC2)C1.I. The number of guanidine groups is 1. The van der Waals surface area contributed by atoms with E-state index in [0.717, 1.165) is 12.5 Å². The molecule has 1 spiro atoms. The molecule has 2 heterocycles. The van der Waals surface area contributed by atoms with Crippen LogP contribution in [0.5, 0.6) is 0 Å². The lowest BCUT2D eigenvalue weighted by Gasteiger charge is -2.44. The van der Waals surface area contributed by atoms with E-state index in [4.69, 9.17) is 0 Å². The monoisotopic (exact) mass is 505 g/mol. The lowest BCUT2D eigenvalue weighted by molar-refractivity contribution is 0.115. The van der Waals surface area contributed by atoms with Crippen LogP contribution in [0.3, 0.4) is 0 Å². The van der Waals surface area contributed by atoms with Crippen molar-refractivity contribution in [1.29, 1.82) is 0 Å². The number of hydrogen-bond donors (Lipinski definition) is 1. The van der Waals surface area contributed by atoms with Crippen molar-refractivity contribution >= 4 is 29.9 Å². The highest BCUT2D eigenvalue weighted by Crippen LogP contribution is 2.42. The van der Waals surface area contributed by atoms with Gasteiger partial charge in [0.1, 0.15) is 0 Å². The zero-order valence-corrected chi connectivity index (χ0v) is 20.8. The quantitative estimate of drug-likeness (QED) is 0.274. The summed E-state index contributed by atoms with van der Waals surface area (Å²) in [5, 5.41) is 3.68. The van der Waals surface area contributed by atoms with E-state index >= 15 is 0 Å². The molecule has 2 saturated heterocycles. The van der Waals surface area contributed by atoms with Crippen molar-refractivity contribution in [3.63, 3.8) is 0 Å². The van der Waals surface area contributed by atoms with Crippen molar-refractivity contribution in [1.82, 2.24) is 20.0 Å². The fourth-order valence-electron chi connectivity index (χ4n) is 5.43. The number of halogens is 1. The number of nitrogens with one attached hydrogen (secondary N) is 1. The van der Waals surface area contributed by atoms with Gasteiger partial charge in [0, 0.05) is 39.8 Å². The highest BCUT2D eigenvalue weighted by molar-refractivity contribution is 14.0. The van der Waals surface area contributed by atoms with Gasteiger partial charge < -0.3 is 20.0 Å². The second kappa shape index (κ2) is 12.6. The molecule has 164 valence electrons. The van der Waals surface area contributed by atoms with Gasteiger partial charge in [-0.3, -0.25) is 4.99 Å². The molecule has 1 aliphatic carbocycles. The molecule has 1 N–H and O–H groups in total. The second-order valence-corrected chi connectivity index (χ2v) is 9.27. The topological polar surface area (TPSA) is 34.1 Å². The number of likely N-dealkylation sites (N-methyl/N-ethyl adjacent to an activating group) is 1. The first-order chi connectivity index (χ1) is 13.2. The third kappa shape index (κ3) is 7.31. The molecule has 2 aliphatic heterocycles. The van der Waals surface area contributed by atoms with Crippen molar-refractivity contribution in [2.24, 2.45) is 10.4 Å². The average molecular weight is 506 g/mol. The Morgan fingerprint density at radius 2 is 1.64 bits per heavy atom. The molecule has 28 heavy (non-hydrogen) atoms. The summed E-state index contributed by atoms with van der Waals surface area (Å²) in [4.78, 5) is 12.3. The minimum Gasteiger partial charge on any atom is -0.356 e. The molecule has 6 heteroatoms. The van der Waals surface area contributed by atoms with E-state index < -0.39 is 0 Å². The molecular formula is C22H44IN5. The van der Waals surface area contributed by atoms with Crippen LogP contribution in [0.2, 0.25) is 0 Å². The number of likely N-dealkylation sites (tertiary alicyclic amines) is 1. The fraction of sp³-hybridized carbons (Fsp3) is 0.955. The number of nitrogens with zero attached hydrogens (tertiary/aromatic N) is 4. The minimum absolute atomic E-state index is 0. The van der Waals surface area contributed by atoms with Crippen LogP contribution >= 0.6 is 24.0 Å². The Balaban J connectivity index is 0.00000280. The zero-order chi connectivity index (χ0) is 19.0. The van der Waals surface area contributed by atoms with Gasteiger partial charge >= 0.3 is 0 Å². The Kier molecular flexibility index (Phi) is 10.9. The second-order valence-electron chi connectivity index (χ2n) is 9.27. The molecule has 0 bridgehead atoms. The summed E-state index contributed by atoms with van der Waals surface area (Å²) in [5.74, 6) is 1.15. The smallest absolute Gasteiger partial charge is 0.193 e. The molecule has 0 atom stereocenters. The van der Waals surface area contributed by atoms with E-state index in [2.05, 4.69) is 32.1 Å². The standard InChI is InChI=1S/C22H43N5.HI/c1-23-21(24-13-8-15-26-16-9-14-25(2)18-19-26)27-17-7-12-22(20-27)10-5-3-4-6-11-22;/h3-20H2,1-2H3,(H,23,24);1H. The first-order valence-electron chi connectivity index (χ1n) is 11.6. The van der Waals surface area contributed by atoms with Crippen molar-refractivity contribution in [3.05, 3.63) is 0 Å².